The van der Waals surface area contributed by atoms with Crippen LogP contribution in [-0.4, -0.2) is 52.7 Å². The number of hydrogen-bond donors (Lipinski definition) is 0. The van der Waals surface area contributed by atoms with E-state index in [1.165, 1.54) is 11.3 Å². The third kappa shape index (κ3) is 2.70. The largest absolute Gasteiger partial charge is 0.492 e. The molecule has 0 radical (unpaired) electrons. The van der Waals surface area contributed by atoms with Crippen LogP contribution in [0.15, 0.2) is 35.4 Å². The molecule has 7 heteroatoms. The van der Waals surface area contributed by atoms with Crippen LogP contribution in [0.3, 0.4) is 0 Å². The number of nitrogens with zero attached hydrogens (tertiary/aromatic N) is 3. The number of aromatic nitrogens is 2. The van der Waals surface area contributed by atoms with Crippen molar-refractivity contribution >= 4 is 17.2 Å². The quantitative estimate of drug-likeness (QED) is 0.855. The Morgan fingerprint density at radius 2 is 2.43 bits per heavy atom. The van der Waals surface area contributed by atoms with Crippen LogP contribution in [-0.2, 0) is 4.74 Å². The number of pyridine rings is 1. The number of carbonyl (C=O) groups is 1. The zero-order chi connectivity index (χ0) is 15.7. The highest BCUT2D eigenvalue weighted by Crippen LogP contribution is 2.40. The fraction of sp³-hybridized carbons (Fsp3) is 0.438. The minimum Gasteiger partial charge on any atom is -0.492 e. The summed E-state index contributed by atoms with van der Waals surface area (Å²) in [6, 6.07) is 3.75. The van der Waals surface area contributed by atoms with Crippen LogP contribution < -0.4 is 4.74 Å². The van der Waals surface area contributed by atoms with Gasteiger partial charge in [0.05, 0.1) is 31.4 Å². The number of hydrogen-bond acceptors (Lipinski definition) is 6. The minimum absolute atomic E-state index is 0.0145. The van der Waals surface area contributed by atoms with Crippen LogP contribution in [0, 0.1) is 5.92 Å². The van der Waals surface area contributed by atoms with E-state index in [-0.39, 0.29) is 11.5 Å². The molecule has 1 amide bonds. The smallest absolute Gasteiger partial charge is 0.273 e. The zero-order valence-corrected chi connectivity index (χ0v) is 13.4. The van der Waals surface area contributed by atoms with Gasteiger partial charge in [-0.05, 0) is 18.6 Å². The van der Waals surface area contributed by atoms with Gasteiger partial charge in [-0.1, -0.05) is 0 Å². The van der Waals surface area contributed by atoms with Gasteiger partial charge in [-0.2, -0.15) is 0 Å². The Bertz CT molecular complexity index is 671. The van der Waals surface area contributed by atoms with Crippen molar-refractivity contribution in [3.05, 3.63) is 41.1 Å². The van der Waals surface area contributed by atoms with Crippen molar-refractivity contribution < 1.29 is 14.3 Å². The maximum atomic E-state index is 12.3. The van der Waals surface area contributed by atoms with E-state index in [0.29, 0.717) is 31.3 Å². The van der Waals surface area contributed by atoms with E-state index in [0.717, 1.165) is 18.8 Å². The fourth-order valence-corrected chi connectivity index (χ4v) is 3.75. The lowest BCUT2D eigenvalue weighted by atomic mass is 9.81. The summed E-state index contributed by atoms with van der Waals surface area (Å²) in [5.41, 5.74) is 1.94. The summed E-state index contributed by atoms with van der Waals surface area (Å²) in [5, 5.41) is 1.78. The van der Waals surface area contributed by atoms with Gasteiger partial charge in [-0.25, -0.2) is 4.98 Å². The van der Waals surface area contributed by atoms with Crippen molar-refractivity contribution in [2.45, 2.75) is 12.0 Å². The maximum Gasteiger partial charge on any atom is 0.273 e. The first-order valence-electron chi connectivity index (χ1n) is 7.61. The molecule has 1 atom stereocenters. The number of thiazole rings is 1. The molecule has 23 heavy (non-hydrogen) atoms. The van der Waals surface area contributed by atoms with E-state index in [9.17, 15) is 4.79 Å². The average molecular weight is 331 g/mol. The highest BCUT2D eigenvalue weighted by molar-refractivity contribution is 7.07. The van der Waals surface area contributed by atoms with Crippen molar-refractivity contribution in [2.75, 3.05) is 26.3 Å². The number of ether oxygens (including phenoxy) is 2. The summed E-state index contributed by atoms with van der Waals surface area (Å²) in [6.45, 7) is 2.54. The molecule has 120 valence electrons. The number of likely N-dealkylation sites (tertiary alicyclic amines) is 1. The molecule has 2 fully saturated rings. The van der Waals surface area contributed by atoms with Gasteiger partial charge >= 0.3 is 0 Å². The predicted octanol–water partition coefficient (Wildman–Crippen LogP) is 1.85. The van der Waals surface area contributed by atoms with Crippen LogP contribution >= 0.6 is 11.3 Å². The Hall–Kier alpha value is -1.99. The fourth-order valence-electron chi connectivity index (χ4n) is 3.22. The van der Waals surface area contributed by atoms with Gasteiger partial charge in [0.25, 0.3) is 5.91 Å². The van der Waals surface area contributed by atoms with Crippen LogP contribution in [0.4, 0.5) is 0 Å². The van der Waals surface area contributed by atoms with Crippen molar-refractivity contribution in [3.63, 3.8) is 0 Å². The Morgan fingerprint density at radius 3 is 3.17 bits per heavy atom. The molecule has 0 aliphatic carbocycles. The van der Waals surface area contributed by atoms with Gasteiger partial charge in [0.2, 0.25) is 0 Å². The summed E-state index contributed by atoms with van der Waals surface area (Å²) >= 11 is 1.43. The SMILES string of the molecule is O=C(c1cscn1)N1CC2(C1)OCC[C@H]2COc1cccnc1. The summed E-state index contributed by atoms with van der Waals surface area (Å²) in [6.07, 6.45) is 4.39. The van der Waals surface area contributed by atoms with Crippen LogP contribution in [0.1, 0.15) is 16.9 Å². The molecule has 2 saturated heterocycles. The Balaban J connectivity index is 1.36. The van der Waals surface area contributed by atoms with Crippen molar-refractivity contribution in [3.8, 4) is 5.75 Å². The highest BCUT2D eigenvalue weighted by atomic mass is 32.1. The van der Waals surface area contributed by atoms with E-state index in [1.54, 1.807) is 28.2 Å². The number of amides is 1. The molecule has 6 nitrogen and oxygen atoms in total. The molecule has 0 unspecified atom stereocenters. The van der Waals surface area contributed by atoms with Crippen molar-refractivity contribution in [1.29, 1.82) is 0 Å². The van der Waals surface area contributed by atoms with Gasteiger partial charge in [0, 0.05) is 24.1 Å². The molecule has 2 aromatic rings. The summed E-state index contributed by atoms with van der Waals surface area (Å²) in [4.78, 5) is 22.2. The average Bonchev–Trinajstić information content (AvgIpc) is 3.21. The lowest BCUT2D eigenvalue weighted by Gasteiger charge is -2.49. The standard InChI is InChI=1S/C16H17N3O3S/c20-15(14-8-23-11-18-14)19-9-16(10-19)12(3-5-22-16)7-21-13-2-1-4-17-6-13/h1-2,4,6,8,11-12H,3,5,7,9-10H2/t12-/m0/s1. The second-order valence-electron chi connectivity index (χ2n) is 5.93. The molecule has 2 aromatic heterocycles. The van der Waals surface area contributed by atoms with Gasteiger partial charge in [0.15, 0.2) is 0 Å². The molecule has 4 heterocycles. The van der Waals surface area contributed by atoms with E-state index >= 15 is 0 Å². The second-order valence-corrected chi connectivity index (χ2v) is 6.65. The lowest BCUT2D eigenvalue weighted by molar-refractivity contribution is -0.122. The Labute approximate surface area is 138 Å². The third-order valence-corrected chi connectivity index (χ3v) is 5.13. The van der Waals surface area contributed by atoms with E-state index in [4.69, 9.17) is 9.47 Å². The van der Waals surface area contributed by atoms with Crippen LogP contribution in [0.25, 0.3) is 0 Å². The second kappa shape index (κ2) is 5.90. The Morgan fingerprint density at radius 1 is 1.52 bits per heavy atom. The summed E-state index contributed by atoms with van der Waals surface area (Å²) in [5.74, 6) is 1.05. The third-order valence-electron chi connectivity index (χ3n) is 4.54. The van der Waals surface area contributed by atoms with Gasteiger partial charge in [0.1, 0.15) is 17.0 Å². The molecule has 0 saturated carbocycles. The first kappa shape index (κ1) is 14.6. The number of carbonyl (C=O) groups excluding carboxylic acids is 1. The van der Waals surface area contributed by atoms with E-state index in [1.807, 2.05) is 12.1 Å². The molecule has 0 bridgehead atoms. The van der Waals surface area contributed by atoms with E-state index in [2.05, 4.69) is 9.97 Å². The minimum atomic E-state index is -0.256. The van der Waals surface area contributed by atoms with Crippen LogP contribution in [0.5, 0.6) is 5.75 Å². The highest BCUT2D eigenvalue weighted by Gasteiger charge is 2.55. The molecule has 0 N–H and O–H groups in total. The van der Waals surface area contributed by atoms with Crippen LogP contribution in [0.2, 0.25) is 0 Å². The van der Waals surface area contributed by atoms with Crippen molar-refractivity contribution in [1.82, 2.24) is 14.9 Å². The van der Waals surface area contributed by atoms with Gasteiger partial charge < -0.3 is 14.4 Å². The monoisotopic (exact) mass is 331 g/mol. The normalized spacial score (nSPS) is 22.1. The number of rotatable bonds is 4. The summed E-state index contributed by atoms with van der Waals surface area (Å²) in [7, 11) is 0. The van der Waals surface area contributed by atoms with Gasteiger partial charge in [-0.15, -0.1) is 11.3 Å². The molecule has 0 aromatic carbocycles. The molecule has 2 aliphatic heterocycles. The van der Waals surface area contributed by atoms with E-state index < -0.39 is 0 Å². The maximum absolute atomic E-state index is 12.3. The first-order valence-corrected chi connectivity index (χ1v) is 8.55. The lowest BCUT2D eigenvalue weighted by Crippen LogP contribution is -2.66. The predicted molar refractivity (Wildman–Crippen MR) is 84.5 cm³/mol. The molecule has 2 aliphatic rings. The molecular weight excluding hydrogens is 314 g/mol. The van der Waals surface area contributed by atoms with Gasteiger partial charge in [-0.3, -0.25) is 9.78 Å². The molecule has 1 spiro atoms. The summed E-state index contributed by atoms with van der Waals surface area (Å²) < 4.78 is 11.8. The molecular formula is C16H17N3O3S. The first-order chi connectivity index (χ1) is 11.3. The topological polar surface area (TPSA) is 64.6 Å². The van der Waals surface area contributed by atoms with Crippen molar-refractivity contribution in [2.24, 2.45) is 5.92 Å². The Kier molecular flexibility index (Phi) is 3.74. The zero-order valence-electron chi connectivity index (χ0n) is 12.6. The molecule has 4 rings (SSSR count).